The number of nitrogens with zero attached hydrogens (tertiary/aromatic N) is 1. The maximum Gasteiger partial charge on any atom is 0.281 e. The van der Waals surface area contributed by atoms with Crippen LogP contribution in [0.4, 0.5) is 5.69 Å². The molecule has 0 unspecified atom stereocenters. The Bertz CT molecular complexity index is 743. The van der Waals surface area contributed by atoms with Crippen molar-refractivity contribution in [1.82, 2.24) is 5.32 Å². The number of amides is 1. The van der Waals surface area contributed by atoms with Crippen LogP contribution in [-0.2, 0) is 4.79 Å². The van der Waals surface area contributed by atoms with Crippen LogP contribution in [0.25, 0.3) is 6.08 Å². The Morgan fingerprint density at radius 1 is 1.05 bits per heavy atom. The van der Waals surface area contributed by atoms with E-state index in [1.807, 2.05) is 48.5 Å². The number of halogens is 1. The van der Waals surface area contributed by atoms with Gasteiger partial charge in [-0.3, -0.25) is 9.69 Å². The molecule has 3 rings (SSSR count). The highest BCUT2D eigenvalue weighted by atomic mass is 35.5. The maximum atomic E-state index is 12.5. The summed E-state index contributed by atoms with van der Waals surface area (Å²) in [6.07, 6.45) is 1.71. The zero-order chi connectivity index (χ0) is 14.8. The molecule has 1 fully saturated rings. The highest BCUT2D eigenvalue weighted by Gasteiger charge is 2.31. The Hall–Kier alpha value is -2.17. The van der Waals surface area contributed by atoms with E-state index < -0.39 is 0 Å². The lowest BCUT2D eigenvalue weighted by Gasteiger charge is -2.13. The van der Waals surface area contributed by atoms with Crippen molar-refractivity contribution in [1.29, 1.82) is 0 Å². The summed E-state index contributed by atoms with van der Waals surface area (Å²) >= 11 is 11.4. The third kappa shape index (κ3) is 2.68. The number of nitrogens with one attached hydrogen (secondary N) is 1. The Balaban J connectivity index is 1.96. The van der Waals surface area contributed by atoms with E-state index in [-0.39, 0.29) is 5.91 Å². The minimum atomic E-state index is -0.189. The van der Waals surface area contributed by atoms with E-state index in [1.54, 1.807) is 12.1 Å². The molecule has 1 amide bonds. The summed E-state index contributed by atoms with van der Waals surface area (Å²) in [4.78, 5) is 14.0. The fourth-order valence-corrected chi connectivity index (χ4v) is 2.58. The maximum absolute atomic E-state index is 12.5. The molecule has 0 aliphatic carbocycles. The minimum Gasteiger partial charge on any atom is -0.327 e. The van der Waals surface area contributed by atoms with Crippen LogP contribution in [-0.4, -0.2) is 11.0 Å². The van der Waals surface area contributed by atoms with E-state index in [1.165, 1.54) is 4.90 Å². The first-order chi connectivity index (χ1) is 10.2. The summed E-state index contributed by atoms with van der Waals surface area (Å²) in [5, 5.41) is 3.89. The number of carbonyl (C=O) groups excluding carboxylic acids is 1. The summed E-state index contributed by atoms with van der Waals surface area (Å²) < 4.78 is 0. The zero-order valence-electron chi connectivity index (χ0n) is 10.9. The highest BCUT2D eigenvalue weighted by Crippen LogP contribution is 2.24. The van der Waals surface area contributed by atoms with Gasteiger partial charge < -0.3 is 5.32 Å². The number of hydrogen-bond donors (Lipinski definition) is 1. The third-order valence-electron chi connectivity index (χ3n) is 3.10. The second kappa shape index (κ2) is 5.68. The van der Waals surface area contributed by atoms with Crippen LogP contribution >= 0.6 is 23.8 Å². The van der Waals surface area contributed by atoms with Crippen molar-refractivity contribution in [2.45, 2.75) is 0 Å². The van der Waals surface area contributed by atoms with Gasteiger partial charge in [0.25, 0.3) is 5.91 Å². The van der Waals surface area contributed by atoms with Crippen molar-refractivity contribution >= 4 is 46.6 Å². The van der Waals surface area contributed by atoms with E-state index in [9.17, 15) is 4.79 Å². The first-order valence-electron chi connectivity index (χ1n) is 6.33. The molecule has 0 aromatic heterocycles. The summed E-state index contributed by atoms with van der Waals surface area (Å²) in [6.45, 7) is 0. The van der Waals surface area contributed by atoms with Crippen LogP contribution in [0.5, 0.6) is 0 Å². The molecule has 21 heavy (non-hydrogen) atoms. The number of thiocarbonyl (C=S) groups is 1. The normalized spacial score (nSPS) is 16.4. The molecule has 1 aliphatic heterocycles. The first-order valence-corrected chi connectivity index (χ1v) is 7.12. The highest BCUT2D eigenvalue weighted by molar-refractivity contribution is 7.80. The number of anilines is 1. The van der Waals surface area contributed by atoms with Gasteiger partial charge in [0, 0.05) is 5.02 Å². The largest absolute Gasteiger partial charge is 0.327 e. The second-order valence-corrected chi connectivity index (χ2v) is 5.28. The quantitative estimate of drug-likeness (QED) is 0.679. The molecule has 2 aromatic rings. The Morgan fingerprint density at radius 2 is 1.71 bits per heavy atom. The average Bonchev–Trinajstić information content (AvgIpc) is 2.77. The van der Waals surface area contributed by atoms with Gasteiger partial charge >= 0.3 is 0 Å². The van der Waals surface area contributed by atoms with Crippen molar-refractivity contribution in [3.8, 4) is 0 Å². The van der Waals surface area contributed by atoms with Crippen molar-refractivity contribution in [2.24, 2.45) is 0 Å². The third-order valence-corrected chi connectivity index (χ3v) is 3.73. The van der Waals surface area contributed by atoms with Crippen molar-refractivity contribution in [2.75, 3.05) is 4.90 Å². The number of para-hydroxylation sites is 1. The topological polar surface area (TPSA) is 32.3 Å². The number of benzene rings is 2. The van der Waals surface area contributed by atoms with E-state index >= 15 is 0 Å². The second-order valence-electron chi connectivity index (χ2n) is 4.49. The van der Waals surface area contributed by atoms with Crippen LogP contribution in [0.15, 0.2) is 60.3 Å². The van der Waals surface area contributed by atoms with Gasteiger partial charge in [-0.25, -0.2) is 0 Å². The molecule has 5 heteroatoms. The van der Waals surface area contributed by atoms with Crippen LogP contribution in [0.1, 0.15) is 5.56 Å². The first kappa shape index (κ1) is 13.8. The molecule has 3 nitrogen and oxygen atoms in total. The molecule has 0 atom stereocenters. The predicted octanol–water partition coefficient (Wildman–Crippen LogP) is 3.60. The lowest BCUT2D eigenvalue weighted by Crippen LogP contribution is -2.30. The van der Waals surface area contributed by atoms with E-state index in [4.69, 9.17) is 23.8 Å². The molecule has 1 saturated heterocycles. The van der Waals surface area contributed by atoms with Crippen molar-refractivity contribution < 1.29 is 4.79 Å². The van der Waals surface area contributed by atoms with Crippen molar-refractivity contribution in [3.63, 3.8) is 0 Å². The fraction of sp³-hybridized carbons (Fsp3) is 0. The van der Waals surface area contributed by atoms with Gasteiger partial charge in [-0.2, -0.15) is 0 Å². The molecule has 0 bridgehead atoms. The summed E-state index contributed by atoms with van der Waals surface area (Å²) in [7, 11) is 0. The Labute approximate surface area is 132 Å². The molecule has 0 saturated carbocycles. The number of rotatable bonds is 2. The van der Waals surface area contributed by atoms with E-state index in [0.29, 0.717) is 15.8 Å². The van der Waals surface area contributed by atoms with Gasteiger partial charge in [0.2, 0.25) is 0 Å². The fourth-order valence-electron chi connectivity index (χ4n) is 2.09. The van der Waals surface area contributed by atoms with Gasteiger partial charge in [0.05, 0.1) is 5.69 Å². The smallest absolute Gasteiger partial charge is 0.281 e. The molecule has 2 aromatic carbocycles. The standard InChI is InChI=1S/C16H11ClN2OS/c17-13-9-5-4-6-11(13)10-14-15(20)19(16(21)18-14)12-7-2-1-3-8-12/h1-10H,(H,18,21)/b14-10-. The Morgan fingerprint density at radius 3 is 2.43 bits per heavy atom. The van der Waals surface area contributed by atoms with Gasteiger partial charge in [-0.05, 0) is 42.1 Å². The molecule has 1 aliphatic rings. The van der Waals surface area contributed by atoms with E-state index in [2.05, 4.69) is 5.32 Å². The molecule has 104 valence electrons. The molecule has 0 spiro atoms. The number of carbonyl (C=O) groups is 1. The van der Waals surface area contributed by atoms with Crippen LogP contribution in [0.3, 0.4) is 0 Å². The Kier molecular flexibility index (Phi) is 3.73. The van der Waals surface area contributed by atoms with Crippen molar-refractivity contribution in [3.05, 3.63) is 70.9 Å². The van der Waals surface area contributed by atoms with E-state index in [0.717, 1.165) is 11.3 Å². The SMILES string of the molecule is O=C1/C(=C/c2ccccc2Cl)NC(=S)N1c1ccccc1. The van der Waals surface area contributed by atoms with Crippen LogP contribution in [0.2, 0.25) is 5.02 Å². The molecule has 1 heterocycles. The molecular formula is C16H11ClN2OS. The lowest BCUT2D eigenvalue weighted by molar-refractivity contribution is -0.113. The van der Waals surface area contributed by atoms with Gasteiger partial charge in [0.15, 0.2) is 5.11 Å². The van der Waals surface area contributed by atoms with Crippen LogP contribution < -0.4 is 10.2 Å². The molecule has 0 radical (unpaired) electrons. The minimum absolute atomic E-state index is 0.189. The van der Waals surface area contributed by atoms with Gasteiger partial charge in [0.1, 0.15) is 5.70 Å². The molecular weight excluding hydrogens is 304 g/mol. The van der Waals surface area contributed by atoms with Gasteiger partial charge in [-0.1, -0.05) is 48.0 Å². The number of hydrogen-bond acceptors (Lipinski definition) is 2. The predicted molar refractivity (Wildman–Crippen MR) is 89.1 cm³/mol. The molecule has 1 N–H and O–H groups in total. The van der Waals surface area contributed by atoms with Crippen LogP contribution in [0, 0.1) is 0 Å². The van der Waals surface area contributed by atoms with Gasteiger partial charge in [-0.15, -0.1) is 0 Å². The average molecular weight is 315 g/mol. The monoisotopic (exact) mass is 314 g/mol. The summed E-state index contributed by atoms with van der Waals surface area (Å²) in [5.74, 6) is -0.189. The summed E-state index contributed by atoms with van der Waals surface area (Å²) in [5.41, 5.74) is 1.92. The zero-order valence-corrected chi connectivity index (χ0v) is 12.5. The summed E-state index contributed by atoms with van der Waals surface area (Å²) in [6, 6.07) is 16.6. The lowest BCUT2D eigenvalue weighted by atomic mass is 10.2.